The summed E-state index contributed by atoms with van der Waals surface area (Å²) in [5.41, 5.74) is 2.15. The summed E-state index contributed by atoms with van der Waals surface area (Å²) in [6, 6.07) is 4.78. The van der Waals surface area contributed by atoms with E-state index >= 15 is 0 Å². The van der Waals surface area contributed by atoms with Crippen molar-refractivity contribution in [2.45, 2.75) is 64.8 Å². The predicted octanol–water partition coefficient (Wildman–Crippen LogP) is 4.23. The normalized spacial score (nSPS) is 22.3. The summed E-state index contributed by atoms with van der Waals surface area (Å²) >= 11 is 0. The number of nitrogens with zero attached hydrogens (tertiary/aromatic N) is 3. The van der Waals surface area contributed by atoms with Gasteiger partial charge in [-0.2, -0.15) is 9.61 Å². The number of nitrogens with one attached hydrogen (secondary N) is 1. The average molecular weight is 286 g/mol. The van der Waals surface area contributed by atoms with Crippen LogP contribution in [0.4, 0.5) is 5.82 Å². The molecule has 4 nitrogen and oxygen atoms in total. The molecule has 2 aromatic heterocycles. The summed E-state index contributed by atoms with van der Waals surface area (Å²) in [5, 5.41) is 8.13. The van der Waals surface area contributed by atoms with Gasteiger partial charge in [-0.1, -0.05) is 20.8 Å². The Hall–Kier alpha value is -1.58. The Kier molecular flexibility index (Phi) is 4.13. The molecule has 0 aliphatic heterocycles. The molecule has 0 amide bonds. The first kappa shape index (κ1) is 14.4. The maximum Gasteiger partial charge on any atom is 0.157 e. The molecule has 114 valence electrons. The van der Waals surface area contributed by atoms with E-state index in [-0.39, 0.29) is 0 Å². The van der Waals surface area contributed by atoms with E-state index in [0.717, 1.165) is 30.2 Å². The topological polar surface area (TPSA) is 42.2 Å². The van der Waals surface area contributed by atoms with Crippen LogP contribution in [-0.4, -0.2) is 20.6 Å². The molecular weight excluding hydrogens is 260 g/mol. The van der Waals surface area contributed by atoms with E-state index in [1.165, 1.54) is 25.0 Å². The van der Waals surface area contributed by atoms with Crippen LogP contribution in [0.2, 0.25) is 0 Å². The maximum atomic E-state index is 4.79. The van der Waals surface area contributed by atoms with E-state index in [1.807, 2.05) is 16.8 Å². The van der Waals surface area contributed by atoms with Crippen molar-refractivity contribution in [3.8, 4) is 0 Å². The standard InChI is InChI=1S/C17H26N4/c1-4-13(5-2)15-11-17(19-14-7-6-12(3)10-14)21-16(20-15)8-9-18-21/h8-9,11-14,19H,4-7,10H2,1-3H3/t12-,14-/m0/s1. The molecule has 21 heavy (non-hydrogen) atoms. The van der Waals surface area contributed by atoms with E-state index in [0.29, 0.717) is 12.0 Å². The summed E-state index contributed by atoms with van der Waals surface area (Å²) in [4.78, 5) is 4.79. The molecular formula is C17H26N4. The Labute approximate surface area is 127 Å². The minimum absolute atomic E-state index is 0.535. The lowest BCUT2D eigenvalue weighted by Crippen LogP contribution is -2.18. The van der Waals surface area contributed by atoms with Gasteiger partial charge < -0.3 is 5.32 Å². The Morgan fingerprint density at radius 3 is 2.81 bits per heavy atom. The Morgan fingerprint density at radius 1 is 1.33 bits per heavy atom. The van der Waals surface area contributed by atoms with E-state index in [4.69, 9.17) is 4.98 Å². The fourth-order valence-electron chi connectivity index (χ4n) is 3.50. The molecule has 0 saturated heterocycles. The molecule has 1 fully saturated rings. The van der Waals surface area contributed by atoms with E-state index < -0.39 is 0 Å². The number of fused-ring (bicyclic) bond motifs is 1. The van der Waals surface area contributed by atoms with Gasteiger partial charge in [0.15, 0.2) is 5.65 Å². The molecule has 1 saturated carbocycles. The van der Waals surface area contributed by atoms with Crippen molar-refractivity contribution in [1.29, 1.82) is 0 Å². The van der Waals surface area contributed by atoms with E-state index in [2.05, 4.69) is 37.3 Å². The molecule has 0 spiro atoms. The van der Waals surface area contributed by atoms with Crippen LogP contribution in [0, 0.1) is 5.92 Å². The monoisotopic (exact) mass is 286 g/mol. The van der Waals surface area contributed by atoms with Gasteiger partial charge in [-0.15, -0.1) is 0 Å². The van der Waals surface area contributed by atoms with Crippen molar-refractivity contribution in [3.05, 3.63) is 24.0 Å². The van der Waals surface area contributed by atoms with E-state index in [9.17, 15) is 0 Å². The zero-order chi connectivity index (χ0) is 14.8. The average Bonchev–Trinajstić information content (AvgIpc) is 3.09. The summed E-state index contributed by atoms with van der Waals surface area (Å²) in [6.07, 6.45) is 7.94. The fourth-order valence-corrected chi connectivity index (χ4v) is 3.50. The molecule has 0 bridgehead atoms. The largest absolute Gasteiger partial charge is 0.367 e. The molecule has 0 unspecified atom stereocenters. The summed E-state index contributed by atoms with van der Waals surface area (Å²) in [7, 11) is 0. The third-order valence-corrected chi connectivity index (χ3v) is 4.83. The number of hydrogen-bond acceptors (Lipinski definition) is 3. The lowest BCUT2D eigenvalue weighted by molar-refractivity contribution is 0.600. The first-order chi connectivity index (χ1) is 10.2. The van der Waals surface area contributed by atoms with Crippen molar-refractivity contribution in [1.82, 2.24) is 14.6 Å². The highest BCUT2D eigenvalue weighted by molar-refractivity contribution is 5.50. The van der Waals surface area contributed by atoms with Gasteiger partial charge in [-0.05, 0) is 38.0 Å². The molecule has 0 aromatic carbocycles. The van der Waals surface area contributed by atoms with Gasteiger partial charge in [-0.25, -0.2) is 4.98 Å². The first-order valence-electron chi connectivity index (χ1n) is 8.32. The van der Waals surface area contributed by atoms with Crippen LogP contribution < -0.4 is 5.32 Å². The summed E-state index contributed by atoms with van der Waals surface area (Å²) in [5.74, 6) is 2.47. The lowest BCUT2D eigenvalue weighted by atomic mass is 9.99. The second-order valence-corrected chi connectivity index (χ2v) is 6.44. The van der Waals surface area contributed by atoms with Gasteiger partial charge in [0.1, 0.15) is 5.82 Å². The molecule has 2 heterocycles. The molecule has 0 radical (unpaired) electrons. The molecule has 1 aliphatic carbocycles. The number of rotatable bonds is 5. The van der Waals surface area contributed by atoms with Crippen LogP contribution in [0.25, 0.3) is 5.65 Å². The predicted molar refractivity (Wildman–Crippen MR) is 86.7 cm³/mol. The lowest BCUT2D eigenvalue weighted by Gasteiger charge is -2.18. The van der Waals surface area contributed by atoms with Crippen LogP contribution in [0.15, 0.2) is 18.3 Å². The van der Waals surface area contributed by atoms with Crippen molar-refractivity contribution in [2.24, 2.45) is 5.92 Å². The minimum atomic E-state index is 0.535. The van der Waals surface area contributed by atoms with Crippen LogP contribution in [0.1, 0.15) is 64.5 Å². The molecule has 2 aromatic rings. The van der Waals surface area contributed by atoms with Gasteiger partial charge in [0, 0.05) is 29.8 Å². The van der Waals surface area contributed by atoms with Gasteiger partial charge in [0.2, 0.25) is 0 Å². The second kappa shape index (κ2) is 6.04. The third-order valence-electron chi connectivity index (χ3n) is 4.83. The van der Waals surface area contributed by atoms with Gasteiger partial charge in [-0.3, -0.25) is 0 Å². The first-order valence-corrected chi connectivity index (χ1v) is 8.32. The fraction of sp³-hybridized carbons (Fsp3) is 0.647. The highest BCUT2D eigenvalue weighted by Crippen LogP contribution is 2.29. The third kappa shape index (κ3) is 2.89. The quantitative estimate of drug-likeness (QED) is 0.894. The van der Waals surface area contributed by atoms with Gasteiger partial charge in [0.05, 0.1) is 6.20 Å². The number of anilines is 1. The number of aromatic nitrogens is 3. The van der Waals surface area contributed by atoms with Crippen molar-refractivity contribution in [2.75, 3.05) is 5.32 Å². The Bertz CT molecular complexity index is 600. The highest BCUT2D eigenvalue weighted by Gasteiger charge is 2.22. The highest BCUT2D eigenvalue weighted by atomic mass is 15.3. The molecule has 2 atom stereocenters. The van der Waals surface area contributed by atoms with E-state index in [1.54, 1.807) is 0 Å². The summed E-state index contributed by atoms with van der Waals surface area (Å²) in [6.45, 7) is 6.82. The SMILES string of the molecule is CCC(CC)c1cc(N[C@H]2CC[C@H](C)C2)n2nccc2n1. The van der Waals surface area contributed by atoms with Crippen LogP contribution in [-0.2, 0) is 0 Å². The molecule has 3 rings (SSSR count). The van der Waals surface area contributed by atoms with Gasteiger partial charge >= 0.3 is 0 Å². The van der Waals surface area contributed by atoms with Crippen molar-refractivity contribution >= 4 is 11.5 Å². The van der Waals surface area contributed by atoms with Crippen LogP contribution in [0.5, 0.6) is 0 Å². The zero-order valence-corrected chi connectivity index (χ0v) is 13.3. The van der Waals surface area contributed by atoms with Crippen LogP contribution in [0.3, 0.4) is 0 Å². The van der Waals surface area contributed by atoms with Crippen molar-refractivity contribution < 1.29 is 0 Å². The van der Waals surface area contributed by atoms with Gasteiger partial charge in [0.25, 0.3) is 0 Å². The summed E-state index contributed by atoms with van der Waals surface area (Å²) < 4.78 is 1.94. The van der Waals surface area contributed by atoms with Crippen molar-refractivity contribution in [3.63, 3.8) is 0 Å². The number of hydrogen-bond donors (Lipinski definition) is 1. The Balaban J connectivity index is 1.93. The Morgan fingerprint density at radius 2 is 2.14 bits per heavy atom. The smallest absolute Gasteiger partial charge is 0.157 e. The second-order valence-electron chi connectivity index (χ2n) is 6.44. The van der Waals surface area contributed by atoms with Crippen LogP contribution >= 0.6 is 0 Å². The molecule has 1 N–H and O–H groups in total. The molecule has 1 aliphatic rings. The maximum absolute atomic E-state index is 4.79. The molecule has 4 heteroatoms. The zero-order valence-electron chi connectivity index (χ0n) is 13.3. The minimum Gasteiger partial charge on any atom is -0.367 e.